The summed E-state index contributed by atoms with van der Waals surface area (Å²) in [4.78, 5) is 2.43. The summed E-state index contributed by atoms with van der Waals surface area (Å²) in [6.07, 6.45) is 1.72. The minimum Gasteiger partial charge on any atom is -0.379 e. The second-order valence-electron chi connectivity index (χ2n) is 6.44. The lowest BCUT2D eigenvalue weighted by Gasteiger charge is -2.36. The number of morpholine rings is 1. The van der Waals surface area contributed by atoms with Crippen molar-refractivity contribution in [3.05, 3.63) is 35.9 Å². The van der Waals surface area contributed by atoms with E-state index in [1.165, 1.54) is 5.56 Å². The monoisotopic (exact) mass is 338 g/mol. The van der Waals surface area contributed by atoms with Gasteiger partial charge in [-0.25, -0.2) is 8.42 Å². The van der Waals surface area contributed by atoms with E-state index in [9.17, 15) is 8.42 Å². The number of nitrogens with zero attached hydrogens (tertiary/aromatic N) is 1. The third kappa shape index (κ3) is 4.76. The van der Waals surface area contributed by atoms with Crippen molar-refractivity contribution in [3.8, 4) is 0 Å². The average Bonchev–Trinajstić information content (AvgIpc) is 2.56. The number of nitrogens with one attached hydrogen (secondary N) is 1. The summed E-state index contributed by atoms with van der Waals surface area (Å²) in [7, 11) is -2.87. The summed E-state index contributed by atoms with van der Waals surface area (Å²) in [5.41, 5.74) is 1.28. The molecule has 6 heteroatoms. The maximum Gasteiger partial charge on any atom is 0.151 e. The molecule has 2 saturated heterocycles. The van der Waals surface area contributed by atoms with Crippen LogP contribution >= 0.6 is 0 Å². The van der Waals surface area contributed by atoms with Gasteiger partial charge in [-0.3, -0.25) is 4.90 Å². The largest absolute Gasteiger partial charge is 0.379 e. The molecule has 0 amide bonds. The summed E-state index contributed by atoms with van der Waals surface area (Å²) in [5.74, 6) is 0.619. The summed E-state index contributed by atoms with van der Waals surface area (Å²) in [6.45, 7) is 4.15. The molecule has 1 aromatic carbocycles. The fourth-order valence-corrected chi connectivity index (χ4v) is 5.15. The van der Waals surface area contributed by atoms with Crippen LogP contribution in [0.15, 0.2) is 30.3 Å². The van der Waals surface area contributed by atoms with Crippen molar-refractivity contribution < 1.29 is 13.2 Å². The summed E-state index contributed by atoms with van der Waals surface area (Å²) >= 11 is 0. The Morgan fingerprint density at radius 3 is 2.65 bits per heavy atom. The Morgan fingerprint density at radius 2 is 1.96 bits per heavy atom. The topological polar surface area (TPSA) is 58.6 Å². The van der Waals surface area contributed by atoms with Crippen LogP contribution in [0.1, 0.15) is 24.4 Å². The van der Waals surface area contributed by atoms with E-state index in [1.54, 1.807) is 0 Å². The molecule has 0 bridgehead atoms. The molecule has 2 aliphatic rings. The molecule has 128 valence electrons. The van der Waals surface area contributed by atoms with Crippen molar-refractivity contribution in [1.82, 2.24) is 10.2 Å². The van der Waals surface area contributed by atoms with Crippen molar-refractivity contribution >= 4 is 9.84 Å². The molecule has 0 aromatic heterocycles. The van der Waals surface area contributed by atoms with Crippen molar-refractivity contribution in [2.45, 2.75) is 24.9 Å². The second kappa shape index (κ2) is 7.75. The van der Waals surface area contributed by atoms with Gasteiger partial charge in [0.05, 0.1) is 24.7 Å². The second-order valence-corrected chi connectivity index (χ2v) is 8.67. The van der Waals surface area contributed by atoms with Gasteiger partial charge >= 0.3 is 0 Å². The van der Waals surface area contributed by atoms with Crippen molar-refractivity contribution in [1.29, 1.82) is 0 Å². The van der Waals surface area contributed by atoms with Gasteiger partial charge in [0.25, 0.3) is 0 Å². The molecular formula is C17H26N2O3S. The molecule has 2 aliphatic heterocycles. The maximum atomic E-state index is 11.8. The Labute approximate surface area is 138 Å². The summed E-state index contributed by atoms with van der Waals surface area (Å²) in [5, 5.41) is 3.51. The first-order valence-corrected chi connectivity index (χ1v) is 10.3. The number of hydrogen-bond acceptors (Lipinski definition) is 5. The zero-order valence-corrected chi connectivity index (χ0v) is 14.3. The Balaban J connectivity index is 1.66. The first-order chi connectivity index (χ1) is 11.1. The highest BCUT2D eigenvalue weighted by Gasteiger charge is 2.27. The Kier molecular flexibility index (Phi) is 5.69. The lowest BCUT2D eigenvalue weighted by Crippen LogP contribution is -2.47. The molecule has 1 N–H and O–H groups in total. The summed E-state index contributed by atoms with van der Waals surface area (Å²) < 4.78 is 29.1. The fraction of sp³-hybridized carbons (Fsp3) is 0.647. The summed E-state index contributed by atoms with van der Waals surface area (Å²) in [6, 6.07) is 10.8. The molecule has 0 unspecified atom stereocenters. The predicted octanol–water partition coefficient (Wildman–Crippen LogP) is 1.23. The SMILES string of the molecule is O=S1(=O)CCC[C@@H](NC[C@@H](c2ccccc2)N2CCOCC2)C1. The van der Waals surface area contributed by atoms with Gasteiger partial charge < -0.3 is 10.1 Å². The molecule has 0 radical (unpaired) electrons. The van der Waals surface area contributed by atoms with E-state index < -0.39 is 9.84 Å². The number of benzene rings is 1. The Morgan fingerprint density at radius 1 is 1.22 bits per heavy atom. The van der Waals surface area contributed by atoms with E-state index in [-0.39, 0.29) is 17.8 Å². The molecule has 3 rings (SSSR count). The predicted molar refractivity (Wildman–Crippen MR) is 91.3 cm³/mol. The maximum absolute atomic E-state index is 11.8. The average molecular weight is 338 g/mol. The van der Waals surface area contributed by atoms with Crippen LogP contribution in [0.25, 0.3) is 0 Å². The Bertz CT molecular complexity index is 585. The van der Waals surface area contributed by atoms with Crippen molar-refractivity contribution in [2.24, 2.45) is 0 Å². The molecule has 2 atom stereocenters. The van der Waals surface area contributed by atoms with Gasteiger partial charge in [0.2, 0.25) is 0 Å². The van der Waals surface area contributed by atoms with Crippen LogP contribution in [-0.4, -0.2) is 63.7 Å². The van der Waals surface area contributed by atoms with Gasteiger partial charge in [-0.15, -0.1) is 0 Å². The first-order valence-electron chi connectivity index (χ1n) is 8.45. The molecule has 0 saturated carbocycles. The van der Waals surface area contributed by atoms with Crippen LogP contribution < -0.4 is 5.32 Å². The van der Waals surface area contributed by atoms with Gasteiger partial charge in [-0.2, -0.15) is 0 Å². The van der Waals surface area contributed by atoms with Crippen LogP contribution in [0.3, 0.4) is 0 Å². The highest BCUT2D eigenvalue weighted by atomic mass is 32.2. The van der Waals surface area contributed by atoms with E-state index in [4.69, 9.17) is 4.74 Å². The molecule has 2 heterocycles. The zero-order valence-electron chi connectivity index (χ0n) is 13.5. The fourth-order valence-electron chi connectivity index (χ4n) is 3.48. The van der Waals surface area contributed by atoms with Crippen LogP contribution in [0.2, 0.25) is 0 Å². The van der Waals surface area contributed by atoms with Gasteiger partial charge in [0, 0.05) is 31.7 Å². The van der Waals surface area contributed by atoms with Crippen LogP contribution in [-0.2, 0) is 14.6 Å². The van der Waals surface area contributed by atoms with Gasteiger partial charge in [-0.05, 0) is 18.4 Å². The normalized spacial score (nSPS) is 26.7. The first kappa shape index (κ1) is 16.9. The lowest BCUT2D eigenvalue weighted by molar-refractivity contribution is 0.0157. The Hall–Kier alpha value is -0.950. The number of rotatable bonds is 5. The number of sulfone groups is 1. The zero-order chi connectivity index (χ0) is 16.1. The van der Waals surface area contributed by atoms with Crippen LogP contribution in [0.4, 0.5) is 0 Å². The standard InChI is InChI=1S/C17H26N2O3S/c20-23(21)12-4-7-16(14-23)18-13-17(15-5-2-1-3-6-15)19-8-10-22-11-9-19/h1-3,5-6,16-18H,4,7-14H2/t16-,17+/m1/s1. The third-order valence-electron chi connectivity index (χ3n) is 4.73. The minimum atomic E-state index is -2.87. The van der Waals surface area contributed by atoms with E-state index in [0.29, 0.717) is 5.75 Å². The number of ether oxygens (including phenoxy) is 1. The van der Waals surface area contributed by atoms with Crippen LogP contribution in [0.5, 0.6) is 0 Å². The molecule has 5 nitrogen and oxygen atoms in total. The molecule has 1 aromatic rings. The lowest BCUT2D eigenvalue weighted by atomic mass is 10.0. The molecular weight excluding hydrogens is 312 g/mol. The minimum absolute atomic E-state index is 0.0843. The van der Waals surface area contributed by atoms with E-state index in [2.05, 4.69) is 34.5 Å². The third-order valence-corrected chi connectivity index (χ3v) is 6.55. The number of hydrogen-bond donors (Lipinski definition) is 1. The van der Waals surface area contributed by atoms with Crippen molar-refractivity contribution in [3.63, 3.8) is 0 Å². The van der Waals surface area contributed by atoms with Gasteiger partial charge in [0.15, 0.2) is 9.84 Å². The molecule has 0 aliphatic carbocycles. The van der Waals surface area contributed by atoms with Crippen LogP contribution in [0, 0.1) is 0 Å². The van der Waals surface area contributed by atoms with Crippen molar-refractivity contribution in [2.75, 3.05) is 44.4 Å². The smallest absolute Gasteiger partial charge is 0.151 e. The van der Waals surface area contributed by atoms with E-state index in [1.807, 2.05) is 6.07 Å². The van der Waals surface area contributed by atoms with E-state index in [0.717, 1.165) is 45.7 Å². The highest BCUT2D eigenvalue weighted by molar-refractivity contribution is 7.91. The molecule has 23 heavy (non-hydrogen) atoms. The molecule has 2 fully saturated rings. The highest BCUT2D eigenvalue weighted by Crippen LogP contribution is 2.22. The quantitative estimate of drug-likeness (QED) is 0.875. The van der Waals surface area contributed by atoms with E-state index >= 15 is 0 Å². The molecule has 0 spiro atoms. The van der Waals surface area contributed by atoms with Gasteiger partial charge in [-0.1, -0.05) is 30.3 Å². The van der Waals surface area contributed by atoms with Gasteiger partial charge in [0.1, 0.15) is 0 Å².